The topological polar surface area (TPSA) is 72.9 Å². The Kier molecular flexibility index (Phi) is 8.09. The van der Waals surface area contributed by atoms with Crippen molar-refractivity contribution in [1.29, 1.82) is 0 Å². The molecule has 1 N–H and O–H groups in total. The Balaban J connectivity index is 1.56. The summed E-state index contributed by atoms with van der Waals surface area (Å²) in [5, 5.41) is 2.83. The average Bonchev–Trinajstić information content (AvgIpc) is 2.79. The van der Waals surface area contributed by atoms with Crippen LogP contribution in [0.25, 0.3) is 6.08 Å². The number of methoxy groups -OCH3 is 1. The zero-order valence-electron chi connectivity index (χ0n) is 17.6. The van der Waals surface area contributed by atoms with Crippen molar-refractivity contribution in [2.45, 2.75) is 19.8 Å². The fourth-order valence-electron chi connectivity index (χ4n) is 3.03. The van der Waals surface area contributed by atoms with Crippen LogP contribution in [-0.2, 0) is 9.53 Å². The highest BCUT2D eigenvalue weighted by molar-refractivity contribution is 6.01. The summed E-state index contributed by atoms with van der Waals surface area (Å²) < 4.78 is 16.5. The SMILES string of the molecule is CCCCOc1ccc(/C=C/C(=O)Nc2ccc(N3CCOCC3)nc2)cc1OC. The maximum absolute atomic E-state index is 12.3. The molecule has 1 fully saturated rings. The monoisotopic (exact) mass is 411 g/mol. The van der Waals surface area contributed by atoms with E-state index in [4.69, 9.17) is 14.2 Å². The number of unbranched alkanes of at least 4 members (excludes halogenated alkanes) is 1. The molecular formula is C23H29N3O4. The summed E-state index contributed by atoms with van der Waals surface area (Å²) in [6.45, 7) is 5.85. The Labute approximate surface area is 177 Å². The number of hydrogen-bond acceptors (Lipinski definition) is 6. The highest BCUT2D eigenvalue weighted by Gasteiger charge is 2.12. The van der Waals surface area contributed by atoms with Gasteiger partial charge in [-0.3, -0.25) is 4.79 Å². The first-order chi connectivity index (χ1) is 14.7. The standard InChI is InChI=1S/C23H29N3O4/c1-3-4-13-30-20-8-5-18(16-21(20)28-2)6-10-23(27)25-19-7-9-22(24-17-19)26-11-14-29-15-12-26/h5-10,16-17H,3-4,11-15H2,1-2H3,(H,25,27)/b10-6+. The Bertz CT molecular complexity index is 846. The number of carbonyl (C=O) groups excluding carboxylic acids is 1. The molecule has 0 aliphatic carbocycles. The zero-order valence-corrected chi connectivity index (χ0v) is 17.6. The zero-order chi connectivity index (χ0) is 21.2. The maximum atomic E-state index is 12.3. The molecular weight excluding hydrogens is 382 g/mol. The van der Waals surface area contributed by atoms with E-state index in [1.54, 1.807) is 19.4 Å². The molecule has 2 heterocycles. The maximum Gasteiger partial charge on any atom is 0.248 e. The fraction of sp³-hybridized carbons (Fsp3) is 0.391. The third kappa shape index (κ3) is 6.22. The second-order valence-corrected chi connectivity index (χ2v) is 6.94. The van der Waals surface area contributed by atoms with Gasteiger partial charge >= 0.3 is 0 Å². The van der Waals surface area contributed by atoms with Gasteiger partial charge in [-0.05, 0) is 42.3 Å². The van der Waals surface area contributed by atoms with Crippen LogP contribution in [0.15, 0.2) is 42.6 Å². The number of pyridine rings is 1. The van der Waals surface area contributed by atoms with Gasteiger partial charge < -0.3 is 24.4 Å². The van der Waals surface area contributed by atoms with Crippen LogP contribution in [0.2, 0.25) is 0 Å². The number of morpholine rings is 1. The molecule has 1 amide bonds. The van der Waals surface area contributed by atoms with E-state index in [1.165, 1.54) is 6.08 Å². The third-order valence-electron chi connectivity index (χ3n) is 4.72. The van der Waals surface area contributed by atoms with E-state index in [0.29, 0.717) is 37.0 Å². The lowest BCUT2D eigenvalue weighted by Gasteiger charge is -2.27. The molecule has 160 valence electrons. The highest BCUT2D eigenvalue weighted by atomic mass is 16.5. The number of carbonyl (C=O) groups is 1. The molecule has 30 heavy (non-hydrogen) atoms. The Morgan fingerprint density at radius 1 is 1.23 bits per heavy atom. The lowest BCUT2D eigenvalue weighted by Crippen LogP contribution is -2.36. The van der Waals surface area contributed by atoms with Gasteiger partial charge in [0.2, 0.25) is 5.91 Å². The van der Waals surface area contributed by atoms with Gasteiger partial charge in [0.15, 0.2) is 11.5 Å². The van der Waals surface area contributed by atoms with Gasteiger partial charge in [0.25, 0.3) is 0 Å². The van der Waals surface area contributed by atoms with Crippen molar-refractivity contribution in [3.63, 3.8) is 0 Å². The van der Waals surface area contributed by atoms with Crippen molar-refractivity contribution in [1.82, 2.24) is 4.98 Å². The molecule has 1 aliphatic heterocycles. The summed E-state index contributed by atoms with van der Waals surface area (Å²) in [5.41, 5.74) is 1.50. The number of ether oxygens (including phenoxy) is 3. The van der Waals surface area contributed by atoms with Crippen molar-refractivity contribution in [3.05, 3.63) is 48.2 Å². The molecule has 1 saturated heterocycles. The number of aromatic nitrogens is 1. The van der Waals surface area contributed by atoms with Crippen LogP contribution in [-0.4, -0.2) is 50.9 Å². The van der Waals surface area contributed by atoms with Crippen LogP contribution >= 0.6 is 0 Å². The number of amides is 1. The van der Waals surface area contributed by atoms with Crippen molar-refractivity contribution in [2.24, 2.45) is 0 Å². The lowest BCUT2D eigenvalue weighted by atomic mass is 10.2. The second kappa shape index (κ2) is 11.2. The molecule has 3 rings (SSSR count). The molecule has 1 aliphatic rings. The largest absolute Gasteiger partial charge is 0.493 e. The average molecular weight is 412 g/mol. The van der Waals surface area contributed by atoms with Crippen molar-refractivity contribution in [3.8, 4) is 11.5 Å². The summed E-state index contributed by atoms with van der Waals surface area (Å²) >= 11 is 0. The minimum Gasteiger partial charge on any atom is -0.493 e. The van der Waals surface area contributed by atoms with Crippen molar-refractivity contribution < 1.29 is 19.0 Å². The Morgan fingerprint density at radius 2 is 2.07 bits per heavy atom. The number of nitrogens with zero attached hydrogens (tertiary/aromatic N) is 2. The van der Waals surface area contributed by atoms with Crippen molar-refractivity contribution >= 4 is 23.5 Å². The van der Waals surface area contributed by atoms with E-state index in [0.717, 1.165) is 37.3 Å². The number of benzene rings is 1. The quantitative estimate of drug-likeness (QED) is 0.500. The van der Waals surface area contributed by atoms with Crippen LogP contribution in [0.4, 0.5) is 11.5 Å². The summed E-state index contributed by atoms with van der Waals surface area (Å²) in [6, 6.07) is 9.37. The van der Waals surface area contributed by atoms with E-state index in [-0.39, 0.29) is 5.91 Å². The fourth-order valence-corrected chi connectivity index (χ4v) is 3.03. The first kappa shape index (κ1) is 21.6. The molecule has 0 bridgehead atoms. The van der Waals surface area contributed by atoms with E-state index in [9.17, 15) is 4.79 Å². The van der Waals surface area contributed by atoms with E-state index in [2.05, 4.69) is 22.1 Å². The first-order valence-corrected chi connectivity index (χ1v) is 10.3. The Morgan fingerprint density at radius 3 is 2.77 bits per heavy atom. The summed E-state index contributed by atoms with van der Waals surface area (Å²) in [4.78, 5) is 18.9. The van der Waals surface area contributed by atoms with Gasteiger partial charge in [0.05, 0.1) is 38.8 Å². The van der Waals surface area contributed by atoms with E-state index < -0.39 is 0 Å². The van der Waals surface area contributed by atoms with Gasteiger partial charge in [0.1, 0.15) is 5.82 Å². The molecule has 1 aromatic carbocycles. The molecule has 7 nitrogen and oxygen atoms in total. The summed E-state index contributed by atoms with van der Waals surface area (Å²) in [6.07, 6.45) is 6.96. The van der Waals surface area contributed by atoms with Gasteiger partial charge in [-0.2, -0.15) is 0 Å². The molecule has 7 heteroatoms. The normalized spacial score (nSPS) is 14.0. The third-order valence-corrected chi connectivity index (χ3v) is 4.72. The summed E-state index contributed by atoms with van der Waals surface area (Å²) in [5.74, 6) is 2.02. The van der Waals surface area contributed by atoms with Crippen LogP contribution in [0, 0.1) is 0 Å². The van der Waals surface area contributed by atoms with Gasteiger partial charge in [-0.25, -0.2) is 4.98 Å². The Hall–Kier alpha value is -3.06. The van der Waals surface area contributed by atoms with E-state index in [1.807, 2.05) is 30.3 Å². The minimum atomic E-state index is -0.224. The van der Waals surface area contributed by atoms with Gasteiger partial charge in [-0.1, -0.05) is 19.4 Å². The van der Waals surface area contributed by atoms with Crippen LogP contribution in [0.3, 0.4) is 0 Å². The highest BCUT2D eigenvalue weighted by Crippen LogP contribution is 2.28. The van der Waals surface area contributed by atoms with Crippen LogP contribution < -0.4 is 19.7 Å². The summed E-state index contributed by atoms with van der Waals surface area (Å²) in [7, 11) is 1.61. The molecule has 0 saturated carbocycles. The lowest BCUT2D eigenvalue weighted by molar-refractivity contribution is -0.111. The molecule has 1 aromatic heterocycles. The predicted molar refractivity (Wildman–Crippen MR) is 118 cm³/mol. The number of nitrogens with one attached hydrogen (secondary N) is 1. The smallest absolute Gasteiger partial charge is 0.248 e. The van der Waals surface area contributed by atoms with Gasteiger partial charge in [-0.15, -0.1) is 0 Å². The predicted octanol–water partition coefficient (Wildman–Crippen LogP) is 3.76. The first-order valence-electron chi connectivity index (χ1n) is 10.3. The minimum absolute atomic E-state index is 0.224. The van der Waals surface area contributed by atoms with Crippen molar-refractivity contribution in [2.75, 3.05) is 50.2 Å². The molecule has 0 radical (unpaired) electrons. The molecule has 2 aromatic rings. The van der Waals surface area contributed by atoms with Crippen LogP contribution in [0.5, 0.6) is 11.5 Å². The number of anilines is 2. The van der Waals surface area contributed by atoms with Gasteiger partial charge in [0, 0.05) is 19.2 Å². The number of rotatable bonds is 9. The van der Waals surface area contributed by atoms with E-state index >= 15 is 0 Å². The second-order valence-electron chi connectivity index (χ2n) is 6.94. The number of hydrogen-bond donors (Lipinski definition) is 1. The molecule has 0 unspecified atom stereocenters. The van der Waals surface area contributed by atoms with Crippen LogP contribution in [0.1, 0.15) is 25.3 Å². The molecule has 0 spiro atoms. The molecule has 0 atom stereocenters.